The van der Waals surface area contributed by atoms with Crippen LogP contribution < -0.4 is 5.32 Å². The van der Waals surface area contributed by atoms with E-state index in [2.05, 4.69) is 15.5 Å². The fourth-order valence-corrected chi connectivity index (χ4v) is 4.75. The van der Waals surface area contributed by atoms with Crippen LogP contribution in [0.3, 0.4) is 0 Å². The van der Waals surface area contributed by atoms with Gasteiger partial charge in [0.1, 0.15) is 0 Å². The number of halogens is 2. The molecule has 0 saturated heterocycles. The number of para-hydroxylation sites is 1. The third-order valence-electron chi connectivity index (χ3n) is 3.23. The molecule has 0 aliphatic heterocycles. The van der Waals surface area contributed by atoms with Gasteiger partial charge in [-0.15, -0.1) is 21.5 Å². The second kappa shape index (κ2) is 6.09. The second-order valence-corrected chi connectivity index (χ2v) is 7.63. The lowest BCUT2D eigenvalue weighted by molar-refractivity contribution is 1.10. The molecule has 0 saturated carbocycles. The molecule has 0 spiro atoms. The number of thiophene rings is 1. The average Bonchev–Trinajstić information content (AvgIpc) is 3.14. The summed E-state index contributed by atoms with van der Waals surface area (Å²) in [7, 11) is 0. The molecule has 0 amide bonds. The van der Waals surface area contributed by atoms with Crippen molar-refractivity contribution in [1.82, 2.24) is 10.2 Å². The molecule has 23 heavy (non-hydrogen) atoms. The van der Waals surface area contributed by atoms with Crippen LogP contribution in [0.5, 0.6) is 0 Å². The van der Waals surface area contributed by atoms with Crippen LogP contribution >= 0.6 is 45.9 Å². The molecular formula is C16H9Cl2N3S2. The van der Waals surface area contributed by atoms with Gasteiger partial charge < -0.3 is 5.32 Å². The van der Waals surface area contributed by atoms with Crippen molar-refractivity contribution in [3.63, 3.8) is 0 Å². The molecule has 114 valence electrons. The second-order valence-electron chi connectivity index (χ2n) is 4.79. The summed E-state index contributed by atoms with van der Waals surface area (Å²) in [6.45, 7) is 0. The number of hydrogen-bond donors (Lipinski definition) is 1. The standard InChI is InChI=1S/C16H9Cl2N3S2/c17-9-6-7-12-11(8-9)13(18)14(22-12)15-20-21-16(23-15)19-10-4-2-1-3-5-10/h1-8H,(H,19,21). The minimum Gasteiger partial charge on any atom is -0.330 e. The monoisotopic (exact) mass is 377 g/mol. The van der Waals surface area contributed by atoms with Crippen molar-refractivity contribution >= 4 is 66.8 Å². The largest absolute Gasteiger partial charge is 0.330 e. The van der Waals surface area contributed by atoms with E-state index in [9.17, 15) is 0 Å². The zero-order valence-electron chi connectivity index (χ0n) is 11.6. The molecule has 0 bridgehead atoms. The van der Waals surface area contributed by atoms with Gasteiger partial charge in [0.2, 0.25) is 5.13 Å². The Labute approximate surface area is 150 Å². The fourth-order valence-electron chi connectivity index (χ4n) is 2.19. The van der Waals surface area contributed by atoms with Crippen LogP contribution in [0.2, 0.25) is 10.0 Å². The first-order chi connectivity index (χ1) is 11.2. The first-order valence-electron chi connectivity index (χ1n) is 6.74. The van der Waals surface area contributed by atoms with Crippen molar-refractivity contribution in [3.05, 3.63) is 58.6 Å². The number of nitrogens with one attached hydrogen (secondary N) is 1. The Morgan fingerprint density at radius 3 is 2.57 bits per heavy atom. The fraction of sp³-hybridized carbons (Fsp3) is 0. The Kier molecular flexibility index (Phi) is 3.95. The Morgan fingerprint density at radius 1 is 0.913 bits per heavy atom. The molecule has 0 atom stereocenters. The third kappa shape index (κ3) is 2.93. The smallest absolute Gasteiger partial charge is 0.210 e. The molecule has 4 aromatic rings. The summed E-state index contributed by atoms with van der Waals surface area (Å²) in [6, 6.07) is 15.6. The van der Waals surface area contributed by atoms with Crippen molar-refractivity contribution in [2.75, 3.05) is 5.32 Å². The van der Waals surface area contributed by atoms with E-state index in [0.29, 0.717) is 10.0 Å². The van der Waals surface area contributed by atoms with Crippen LogP contribution in [0.4, 0.5) is 10.8 Å². The molecule has 2 aromatic carbocycles. The first kappa shape index (κ1) is 14.9. The highest BCUT2D eigenvalue weighted by atomic mass is 35.5. The summed E-state index contributed by atoms with van der Waals surface area (Å²) in [5, 5.41) is 15.5. The number of nitrogens with zero attached hydrogens (tertiary/aromatic N) is 2. The molecule has 0 aliphatic rings. The lowest BCUT2D eigenvalue weighted by atomic mass is 10.2. The molecule has 2 aromatic heterocycles. The van der Waals surface area contributed by atoms with Crippen molar-refractivity contribution in [2.24, 2.45) is 0 Å². The zero-order valence-corrected chi connectivity index (χ0v) is 14.7. The van der Waals surface area contributed by atoms with E-state index in [-0.39, 0.29) is 0 Å². The van der Waals surface area contributed by atoms with E-state index in [1.165, 1.54) is 11.3 Å². The van der Waals surface area contributed by atoms with Crippen molar-refractivity contribution in [1.29, 1.82) is 0 Å². The maximum absolute atomic E-state index is 6.50. The van der Waals surface area contributed by atoms with Gasteiger partial charge >= 0.3 is 0 Å². The third-order valence-corrected chi connectivity index (χ3v) is 6.14. The normalized spacial score (nSPS) is 11.0. The SMILES string of the molecule is Clc1ccc2sc(-c3nnc(Nc4ccccc4)s3)c(Cl)c2c1. The maximum Gasteiger partial charge on any atom is 0.210 e. The van der Waals surface area contributed by atoms with Gasteiger partial charge in [-0.25, -0.2) is 0 Å². The average molecular weight is 378 g/mol. The van der Waals surface area contributed by atoms with Gasteiger partial charge in [0.15, 0.2) is 5.01 Å². The molecule has 0 aliphatic carbocycles. The summed E-state index contributed by atoms with van der Waals surface area (Å²) in [6.07, 6.45) is 0. The van der Waals surface area contributed by atoms with Gasteiger partial charge in [-0.2, -0.15) is 0 Å². The van der Waals surface area contributed by atoms with Crippen LogP contribution in [-0.4, -0.2) is 10.2 Å². The molecular weight excluding hydrogens is 369 g/mol. The maximum atomic E-state index is 6.50. The molecule has 0 radical (unpaired) electrons. The van der Waals surface area contributed by atoms with Crippen LogP contribution in [0.15, 0.2) is 48.5 Å². The highest BCUT2D eigenvalue weighted by Gasteiger charge is 2.16. The minimum absolute atomic E-state index is 0.674. The van der Waals surface area contributed by atoms with Crippen LogP contribution in [0, 0.1) is 0 Å². The number of rotatable bonds is 3. The van der Waals surface area contributed by atoms with Gasteiger partial charge in [-0.3, -0.25) is 0 Å². The van der Waals surface area contributed by atoms with E-state index >= 15 is 0 Å². The number of benzene rings is 2. The topological polar surface area (TPSA) is 37.8 Å². The summed E-state index contributed by atoms with van der Waals surface area (Å²) in [5.74, 6) is 0. The summed E-state index contributed by atoms with van der Waals surface area (Å²) >= 11 is 15.6. The van der Waals surface area contributed by atoms with E-state index in [1.807, 2.05) is 48.5 Å². The Balaban J connectivity index is 1.70. The van der Waals surface area contributed by atoms with Crippen molar-refractivity contribution < 1.29 is 0 Å². The quantitative estimate of drug-likeness (QED) is 0.444. The van der Waals surface area contributed by atoms with E-state index in [1.54, 1.807) is 11.3 Å². The highest BCUT2D eigenvalue weighted by Crippen LogP contribution is 2.44. The molecule has 0 fully saturated rings. The number of aromatic nitrogens is 2. The Hall–Kier alpha value is -1.66. The predicted molar refractivity (Wildman–Crippen MR) is 100 cm³/mol. The van der Waals surface area contributed by atoms with Gasteiger partial charge in [-0.05, 0) is 30.3 Å². The number of anilines is 2. The number of fused-ring (bicyclic) bond motifs is 1. The first-order valence-corrected chi connectivity index (χ1v) is 9.13. The van der Waals surface area contributed by atoms with Crippen molar-refractivity contribution in [2.45, 2.75) is 0 Å². The molecule has 3 nitrogen and oxygen atoms in total. The lowest BCUT2D eigenvalue weighted by Gasteiger charge is -1.99. The molecule has 1 N–H and O–H groups in total. The summed E-state index contributed by atoms with van der Waals surface area (Å²) in [5.41, 5.74) is 0.976. The van der Waals surface area contributed by atoms with E-state index in [0.717, 1.165) is 30.8 Å². The molecule has 0 unspecified atom stereocenters. The van der Waals surface area contributed by atoms with Gasteiger partial charge in [0.25, 0.3) is 0 Å². The van der Waals surface area contributed by atoms with E-state index < -0.39 is 0 Å². The number of hydrogen-bond acceptors (Lipinski definition) is 5. The molecule has 7 heteroatoms. The van der Waals surface area contributed by atoms with Gasteiger partial charge in [-0.1, -0.05) is 52.7 Å². The lowest BCUT2D eigenvalue weighted by Crippen LogP contribution is -1.87. The summed E-state index contributed by atoms with van der Waals surface area (Å²) in [4.78, 5) is 0.919. The summed E-state index contributed by atoms with van der Waals surface area (Å²) < 4.78 is 1.09. The minimum atomic E-state index is 0.674. The molecule has 2 heterocycles. The van der Waals surface area contributed by atoms with Crippen LogP contribution in [0.25, 0.3) is 20.0 Å². The molecule has 4 rings (SSSR count). The Bertz CT molecular complexity index is 980. The Morgan fingerprint density at radius 2 is 1.74 bits per heavy atom. The van der Waals surface area contributed by atoms with Gasteiger partial charge in [0, 0.05) is 20.8 Å². The van der Waals surface area contributed by atoms with Gasteiger partial charge in [0.05, 0.1) is 9.90 Å². The predicted octanol–water partition coefficient (Wildman–Crippen LogP) is 6.47. The van der Waals surface area contributed by atoms with E-state index in [4.69, 9.17) is 23.2 Å². The van der Waals surface area contributed by atoms with Crippen molar-refractivity contribution in [3.8, 4) is 9.88 Å². The zero-order chi connectivity index (χ0) is 15.8. The highest BCUT2D eigenvalue weighted by molar-refractivity contribution is 7.27. The van der Waals surface area contributed by atoms with Crippen LogP contribution in [0.1, 0.15) is 0 Å². The van der Waals surface area contributed by atoms with Crippen LogP contribution in [-0.2, 0) is 0 Å².